The zero-order chi connectivity index (χ0) is 27.6. The summed E-state index contributed by atoms with van der Waals surface area (Å²) in [5.41, 5.74) is -0.958. The van der Waals surface area contributed by atoms with Crippen LogP contribution in [0.25, 0.3) is 0 Å². The summed E-state index contributed by atoms with van der Waals surface area (Å²) < 4.78 is 26.3. The molecule has 0 amide bonds. The van der Waals surface area contributed by atoms with Crippen molar-refractivity contribution < 1.29 is 33.5 Å². The summed E-state index contributed by atoms with van der Waals surface area (Å²) >= 11 is 0. The lowest BCUT2D eigenvalue weighted by Gasteiger charge is -2.61. The number of Topliss-reactive ketones (excluding diaryl/α,β-unsaturated/α-hetero) is 1. The number of aliphatic hydroxyl groups excluding tert-OH is 1. The van der Waals surface area contributed by atoms with E-state index in [1.54, 1.807) is 12.1 Å². The van der Waals surface area contributed by atoms with E-state index in [1.807, 2.05) is 6.92 Å². The van der Waals surface area contributed by atoms with Crippen molar-refractivity contribution >= 4 is 30.0 Å². The molecule has 8 atom stereocenters. The summed E-state index contributed by atoms with van der Waals surface area (Å²) in [5, 5.41) is 24.4. The van der Waals surface area contributed by atoms with Crippen molar-refractivity contribution in [1.82, 2.24) is 0 Å². The van der Waals surface area contributed by atoms with Gasteiger partial charge in [-0.3, -0.25) is 9.59 Å². The Morgan fingerprint density at radius 2 is 2.08 bits per heavy atom. The van der Waals surface area contributed by atoms with Gasteiger partial charge in [-0.15, -0.1) is 6.58 Å². The fourth-order valence-corrected chi connectivity index (χ4v) is 8.28. The van der Waals surface area contributed by atoms with Crippen LogP contribution >= 0.6 is 0 Å². The lowest BCUT2D eigenvalue weighted by Crippen LogP contribution is -2.63. The van der Waals surface area contributed by atoms with Crippen LogP contribution < -0.4 is 10.8 Å². The Labute approximate surface area is 224 Å². The number of halogens is 1. The fourth-order valence-electron chi connectivity index (χ4n) is 8.28. The zero-order valence-electron chi connectivity index (χ0n) is 22.8. The predicted molar refractivity (Wildman–Crippen MR) is 142 cm³/mol. The Hall–Kier alpha value is -2.23. The van der Waals surface area contributed by atoms with Gasteiger partial charge in [-0.25, -0.2) is 4.39 Å². The Morgan fingerprint density at radius 3 is 2.79 bits per heavy atom. The van der Waals surface area contributed by atoms with Gasteiger partial charge in [-0.05, 0) is 54.6 Å². The minimum absolute atomic E-state index is 0.0744. The van der Waals surface area contributed by atoms with Gasteiger partial charge >= 0.3 is 13.1 Å². The van der Waals surface area contributed by atoms with E-state index in [9.17, 15) is 24.1 Å². The first-order valence-corrected chi connectivity index (χ1v) is 13.8. The molecule has 1 aromatic rings. The summed E-state index contributed by atoms with van der Waals surface area (Å²) in [5.74, 6) is -1.32. The van der Waals surface area contributed by atoms with Crippen molar-refractivity contribution in [2.45, 2.75) is 78.6 Å². The van der Waals surface area contributed by atoms with Gasteiger partial charge in [0.15, 0.2) is 0 Å². The highest BCUT2D eigenvalue weighted by Gasteiger charge is 2.68. The van der Waals surface area contributed by atoms with Crippen molar-refractivity contribution in [3.05, 3.63) is 36.2 Å². The van der Waals surface area contributed by atoms with Crippen molar-refractivity contribution in [2.75, 3.05) is 11.9 Å². The molecular formula is C29H39BFNO6. The van der Waals surface area contributed by atoms with Gasteiger partial charge < -0.3 is 24.8 Å². The van der Waals surface area contributed by atoms with Crippen LogP contribution in [0.1, 0.15) is 65.4 Å². The smallest absolute Gasteiger partial charge is 0.460 e. The Balaban J connectivity index is 1.44. The fraction of sp³-hybridized carbons (Fsp3) is 0.655. The van der Waals surface area contributed by atoms with Crippen molar-refractivity contribution in [3.8, 4) is 0 Å². The molecule has 0 aromatic heterocycles. The molecule has 0 saturated heterocycles. The number of esters is 1. The molecule has 0 unspecified atom stereocenters. The first kappa shape index (κ1) is 27.3. The van der Waals surface area contributed by atoms with Gasteiger partial charge in [-0.2, -0.15) is 0 Å². The molecule has 7 nitrogen and oxygen atoms in total. The lowest BCUT2D eigenvalue weighted by molar-refractivity contribution is -0.205. The number of hydrogen-bond donors (Lipinski definition) is 3. The molecular weight excluding hydrogens is 488 g/mol. The van der Waals surface area contributed by atoms with E-state index < -0.39 is 41.9 Å². The van der Waals surface area contributed by atoms with Crippen LogP contribution in [0.15, 0.2) is 24.8 Å². The minimum Gasteiger partial charge on any atom is -0.460 e. The van der Waals surface area contributed by atoms with Gasteiger partial charge in [0.2, 0.25) is 0 Å². The van der Waals surface area contributed by atoms with E-state index in [-0.39, 0.29) is 53.3 Å². The van der Waals surface area contributed by atoms with Crippen LogP contribution in [-0.2, 0) is 25.6 Å². The molecule has 1 heterocycles. The van der Waals surface area contributed by atoms with Gasteiger partial charge in [0, 0.05) is 28.6 Å². The molecule has 0 spiro atoms. The molecule has 3 saturated carbocycles. The van der Waals surface area contributed by atoms with E-state index in [2.05, 4.69) is 32.7 Å². The zero-order valence-corrected chi connectivity index (χ0v) is 22.8. The number of nitrogens with one attached hydrogen (secondary N) is 1. The molecule has 1 aromatic carbocycles. The molecule has 38 heavy (non-hydrogen) atoms. The largest absolute Gasteiger partial charge is 0.494 e. The highest BCUT2D eigenvalue weighted by atomic mass is 19.1. The Bertz CT molecular complexity index is 1160. The van der Waals surface area contributed by atoms with Gasteiger partial charge in [0.05, 0.1) is 18.4 Å². The standard InChI is InChI=1S/C29H39BFNO6/c1-6-27(4)13-21(38-22(34)14-32-19-8-7-18-15-37-30(36)23(18)24(19)31)28(5)16(2)9-11-29(17(3)26(27)35)12-10-20(33)25(28)29/h6-8,16-17,21,25-26,32,35-36H,1,9-15H2,2-5H3/t16-,17+,21-,25+,26+,27-,28+,29+/m1/s1. The lowest BCUT2D eigenvalue weighted by atomic mass is 9.44. The number of ketones is 1. The molecule has 3 aliphatic carbocycles. The second kappa shape index (κ2) is 9.45. The number of ether oxygens (including phenoxy) is 1. The van der Waals surface area contributed by atoms with Crippen LogP contribution in [0, 0.1) is 39.8 Å². The molecule has 206 valence electrons. The number of hydrogen-bond acceptors (Lipinski definition) is 7. The van der Waals surface area contributed by atoms with E-state index in [0.717, 1.165) is 19.3 Å². The average Bonchev–Trinajstić information content (AvgIpc) is 3.45. The van der Waals surface area contributed by atoms with E-state index >= 15 is 0 Å². The maximum absolute atomic E-state index is 15.0. The molecule has 2 bridgehead atoms. The molecule has 1 aliphatic heterocycles. The highest BCUT2D eigenvalue weighted by Crippen LogP contribution is 2.68. The second-order valence-corrected chi connectivity index (χ2v) is 12.6. The molecule has 5 rings (SSSR count). The van der Waals surface area contributed by atoms with Crippen molar-refractivity contribution in [2.24, 2.45) is 34.0 Å². The van der Waals surface area contributed by atoms with Crippen LogP contribution in [-0.4, -0.2) is 47.8 Å². The monoisotopic (exact) mass is 527 g/mol. The second-order valence-electron chi connectivity index (χ2n) is 12.6. The molecule has 3 fully saturated rings. The molecule has 4 aliphatic rings. The Morgan fingerprint density at radius 1 is 1.34 bits per heavy atom. The summed E-state index contributed by atoms with van der Waals surface area (Å²) in [6.07, 6.45) is 3.69. The number of carbonyl (C=O) groups excluding carboxylic acids is 2. The highest BCUT2D eigenvalue weighted by molar-refractivity contribution is 6.61. The van der Waals surface area contributed by atoms with Gasteiger partial charge in [0.25, 0.3) is 0 Å². The molecule has 0 radical (unpaired) electrons. The van der Waals surface area contributed by atoms with Crippen LogP contribution in [0.2, 0.25) is 0 Å². The quantitative estimate of drug-likeness (QED) is 0.307. The van der Waals surface area contributed by atoms with Gasteiger partial charge in [-0.1, -0.05) is 39.8 Å². The summed E-state index contributed by atoms with van der Waals surface area (Å²) in [7, 11) is -1.34. The van der Waals surface area contributed by atoms with Crippen LogP contribution in [0.3, 0.4) is 0 Å². The summed E-state index contributed by atoms with van der Waals surface area (Å²) in [6.45, 7) is 12.1. The Kier molecular flexibility index (Phi) is 6.80. The number of rotatable bonds is 5. The number of carbonyl (C=O) groups is 2. The third kappa shape index (κ3) is 3.87. The third-order valence-electron chi connectivity index (χ3n) is 10.9. The van der Waals surface area contributed by atoms with Crippen LogP contribution in [0.5, 0.6) is 0 Å². The van der Waals surface area contributed by atoms with Crippen molar-refractivity contribution in [3.63, 3.8) is 0 Å². The van der Waals surface area contributed by atoms with E-state index in [1.165, 1.54) is 6.07 Å². The average molecular weight is 527 g/mol. The first-order valence-electron chi connectivity index (χ1n) is 13.8. The van der Waals surface area contributed by atoms with E-state index in [4.69, 9.17) is 9.39 Å². The normalized spacial score (nSPS) is 40.1. The van der Waals surface area contributed by atoms with E-state index in [0.29, 0.717) is 18.4 Å². The van der Waals surface area contributed by atoms with Crippen LogP contribution in [0.4, 0.5) is 10.1 Å². The maximum Gasteiger partial charge on any atom is 0.494 e. The topological polar surface area (TPSA) is 105 Å². The summed E-state index contributed by atoms with van der Waals surface area (Å²) in [6, 6.07) is 3.17. The SMILES string of the molecule is C=C[C@]1(C)C[C@@H](OC(=O)CNc2ccc3c(c2F)B(O)OC3)[C@]2(C)[C@H](C)CC[C@]3(CCC(=O)[C@H]32)[C@@H](C)[C@@H]1O. The minimum atomic E-state index is -1.34. The predicted octanol–water partition coefficient (Wildman–Crippen LogP) is 3.36. The molecule has 3 N–H and O–H groups in total. The molecule has 9 heteroatoms. The third-order valence-corrected chi connectivity index (χ3v) is 10.9. The number of anilines is 1. The number of fused-ring (bicyclic) bond motifs is 1. The maximum atomic E-state index is 15.0. The summed E-state index contributed by atoms with van der Waals surface area (Å²) in [4.78, 5) is 26.8. The van der Waals surface area contributed by atoms with Crippen molar-refractivity contribution in [1.29, 1.82) is 0 Å². The first-order chi connectivity index (χ1) is 17.9. The number of benzene rings is 1. The number of aliphatic hydroxyl groups is 1. The van der Waals surface area contributed by atoms with Gasteiger partial charge in [0.1, 0.15) is 24.2 Å².